The summed E-state index contributed by atoms with van der Waals surface area (Å²) in [4.78, 5) is 3.90. The molecule has 0 aliphatic rings. The number of hydrogen-bond acceptors (Lipinski definition) is 3. The summed E-state index contributed by atoms with van der Waals surface area (Å²) in [5.41, 5.74) is 6.41. The molecule has 5 heteroatoms. The van der Waals surface area contributed by atoms with Gasteiger partial charge in [-0.2, -0.15) is 5.26 Å². The number of nitrogens with two attached hydrogens (primary N) is 1. The molecule has 2 rings (SSSR count). The highest BCUT2D eigenvalue weighted by Crippen LogP contribution is 2.19. The molecule has 17 heavy (non-hydrogen) atoms. The molecular weight excluding hydrogens is 219 g/mol. The first-order chi connectivity index (χ1) is 8.26. The first kappa shape index (κ1) is 11.3. The standard InChI is InChI=1S/C12H11FN4/c13-10-3-1-2-9(6-10)11(7-14)17-5-4-16-12(17)8-15/h1-6,11H,7,14H2. The monoisotopic (exact) mass is 230 g/mol. The minimum absolute atomic E-state index is 0.268. The third-order valence-corrected chi connectivity index (χ3v) is 2.56. The normalized spacial score (nSPS) is 12.1. The van der Waals surface area contributed by atoms with Crippen molar-refractivity contribution in [2.24, 2.45) is 5.73 Å². The molecule has 0 spiro atoms. The molecule has 0 aliphatic heterocycles. The summed E-state index contributed by atoms with van der Waals surface area (Å²) in [5.74, 6) is -0.0516. The van der Waals surface area contributed by atoms with E-state index in [-0.39, 0.29) is 24.2 Å². The van der Waals surface area contributed by atoms with Crippen LogP contribution in [0.5, 0.6) is 0 Å². The third kappa shape index (κ3) is 2.17. The quantitative estimate of drug-likeness (QED) is 0.867. The van der Waals surface area contributed by atoms with Crippen molar-refractivity contribution in [1.82, 2.24) is 9.55 Å². The maximum atomic E-state index is 13.2. The van der Waals surface area contributed by atoms with Gasteiger partial charge in [-0.15, -0.1) is 0 Å². The number of nitriles is 1. The van der Waals surface area contributed by atoms with E-state index in [1.165, 1.54) is 18.3 Å². The molecule has 2 aromatic rings. The van der Waals surface area contributed by atoms with Crippen LogP contribution in [-0.2, 0) is 0 Å². The Kier molecular flexibility index (Phi) is 3.17. The molecule has 2 N–H and O–H groups in total. The average Bonchev–Trinajstić information content (AvgIpc) is 2.78. The molecule has 0 radical (unpaired) electrons. The lowest BCUT2D eigenvalue weighted by atomic mass is 10.1. The zero-order chi connectivity index (χ0) is 12.3. The summed E-state index contributed by atoms with van der Waals surface area (Å²) in [6.45, 7) is 0.272. The van der Waals surface area contributed by atoms with Gasteiger partial charge in [0.15, 0.2) is 0 Å². The van der Waals surface area contributed by atoms with E-state index in [1.54, 1.807) is 22.9 Å². The second-order valence-electron chi connectivity index (χ2n) is 3.58. The summed E-state index contributed by atoms with van der Waals surface area (Å²) >= 11 is 0. The molecule has 1 aromatic heterocycles. The van der Waals surface area contributed by atoms with Gasteiger partial charge < -0.3 is 10.3 Å². The largest absolute Gasteiger partial charge is 0.328 e. The highest BCUT2D eigenvalue weighted by molar-refractivity contribution is 5.24. The van der Waals surface area contributed by atoms with Crippen LogP contribution in [0.15, 0.2) is 36.7 Å². The van der Waals surface area contributed by atoms with Gasteiger partial charge in [0.05, 0.1) is 6.04 Å². The van der Waals surface area contributed by atoms with E-state index < -0.39 is 0 Å². The predicted molar refractivity (Wildman–Crippen MR) is 60.5 cm³/mol. The van der Waals surface area contributed by atoms with Crippen LogP contribution in [0.3, 0.4) is 0 Å². The molecule has 0 saturated heterocycles. The third-order valence-electron chi connectivity index (χ3n) is 2.56. The molecule has 0 amide bonds. The van der Waals surface area contributed by atoms with E-state index >= 15 is 0 Å². The van der Waals surface area contributed by atoms with E-state index in [0.29, 0.717) is 0 Å². The number of benzene rings is 1. The minimum Gasteiger partial charge on any atom is -0.328 e. The Bertz CT molecular complexity index is 556. The zero-order valence-electron chi connectivity index (χ0n) is 9.05. The van der Waals surface area contributed by atoms with Gasteiger partial charge in [0.1, 0.15) is 11.9 Å². The highest BCUT2D eigenvalue weighted by Gasteiger charge is 2.15. The van der Waals surface area contributed by atoms with Crippen LogP contribution in [-0.4, -0.2) is 16.1 Å². The summed E-state index contributed by atoms with van der Waals surface area (Å²) in [5, 5.41) is 8.90. The van der Waals surface area contributed by atoms with E-state index in [1.807, 2.05) is 6.07 Å². The van der Waals surface area contributed by atoms with Crippen molar-refractivity contribution in [1.29, 1.82) is 5.26 Å². The SMILES string of the molecule is N#Cc1nccn1C(CN)c1cccc(F)c1. The van der Waals surface area contributed by atoms with Gasteiger partial charge in [0, 0.05) is 18.9 Å². The number of aromatic nitrogens is 2. The van der Waals surface area contributed by atoms with Crippen LogP contribution >= 0.6 is 0 Å². The van der Waals surface area contributed by atoms with Crippen molar-refractivity contribution in [2.45, 2.75) is 6.04 Å². The number of nitrogens with zero attached hydrogens (tertiary/aromatic N) is 3. The number of halogens is 1. The van der Waals surface area contributed by atoms with Crippen molar-refractivity contribution in [2.75, 3.05) is 6.54 Å². The first-order valence-corrected chi connectivity index (χ1v) is 5.14. The number of rotatable bonds is 3. The molecule has 0 saturated carbocycles. The Morgan fingerprint density at radius 3 is 3.00 bits per heavy atom. The van der Waals surface area contributed by atoms with Crippen LogP contribution in [0, 0.1) is 17.1 Å². The molecule has 0 aliphatic carbocycles. The highest BCUT2D eigenvalue weighted by atomic mass is 19.1. The molecule has 86 valence electrons. The van der Waals surface area contributed by atoms with E-state index in [0.717, 1.165) is 5.56 Å². The van der Waals surface area contributed by atoms with Gasteiger partial charge in [-0.05, 0) is 17.7 Å². The summed E-state index contributed by atoms with van der Waals surface area (Å²) in [7, 11) is 0. The fraction of sp³-hybridized carbons (Fsp3) is 0.167. The van der Waals surface area contributed by atoms with Gasteiger partial charge in [0.2, 0.25) is 5.82 Å². The zero-order valence-corrected chi connectivity index (χ0v) is 9.05. The molecule has 1 heterocycles. The lowest BCUT2D eigenvalue weighted by molar-refractivity contribution is 0.574. The van der Waals surface area contributed by atoms with Gasteiger partial charge in [-0.1, -0.05) is 12.1 Å². The smallest absolute Gasteiger partial charge is 0.213 e. The van der Waals surface area contributed by atoms with E-state index in [4.69, 9.17) is 11.0 Å². The first-order valence-electron chi connectivity index (χ1n) is 5.14. The summed E-state index contributed by atoms with van der Waals surface area (Å²) in [6.07, 6.45) is 3.20. The van der Waals surface area contributed by atoms with Crippen LogP contribution < -0.4 is 5.73 Å². The molecular formula is C12H11FN4. The Morgan fingerprint density at radius 1 is 1.53 bits per heavy atom. The van der Waals surface area contributed by atoms with Crippen LogP contribution in [0.4, 0.5) is 4.39 Å². The lowest BCUT2D eigenvalue weighted by Gasteiger charge is -2.17. The van der Waals surface area contributed by atoms with Crippen molar-refractivity contribution in [3.05, 3.63) is 53.9 Å². The fourth-order valence-electron chi connectivity index (χ4n) is 1.78. The molecule has 1 aromatic carbocycles. The molecule has 0 bridgehead atoms. The predicted octanol–water partition coefficient (Wildman–Crippen LogP) is 1.44. The number of hydrogen-bond donors (Lipinski definition) is 1. The van der Waals surface area contributed by atoms with Crippen LogP contribution in [0.1, 0.15) is 17.4 Å². The van der Waals surface area contributed by atoms with Crippen molar-refractivity contribution in [3.63, 3.8) is 0 Å². The maximum Gasteiger partial charge on any atom is 0.213 e. The van der Waals surface area contributed by atoms with Crippen LogP contribution in [0.25, 0.3) is 0 Å². The molecule has 0 fully saturated rings. The second kappa shape index (κ2) is 4.76. The fourth-order valence-corrected chi connectivity index (χ4v) is 1.78. The van der Waals surface area contributed by atoms with Crippen LogP contribution in [0.2, 0.25) is 0 Å². The number of imidazole rings is 1. The van der Waals surface area contributed by atoms with Crippen molar-refractivity contribution >= 4 is 0 Å². The Morgan fingerprint density at radius 2 is 2.35 bits per heavy atom. The van der Waals surface area contributed by atoms with Gasteiger partial charge in [0.25, 0.3) is 0 Å². The molecule has 1 atom stereocenters. The maximum absolute atomic E-state index is 13.2. The van der Waals surface area contributed by atoms with Gasteiger partial charge in [-0.3, -0.25) is 0 Å². The Labute approximate surface area is 98.1 Å². The Hall–Kier alpha value is -2.19. The Balaban J connectivity index is 2.44. The van der Waals surface area contributed by atoms with E-state index in [2.05, 4.69) is 4.98 Å². The van der Waals surface area contributed by atoms with Crippen molar-refractivity contribution in [3.8, 4) is 6.07 Å². The summed E-state index contributed by atoms with van der Waals surface area (Å²) < 4.78 is 14.8. The van der Waals surface area contributed by atoms with E-state index in [9.17, 15) is 4.39 Å². The lowest BCUT2D eigenvalue weighted by Crippen LogP contribution is -2.21. The van der Waals surface area contributed by atoms with Gasteiger partial charge in [-0.25, -0.2) is 9.37 Å². The topological polar surface area (TPSA) is 67.6 Å². The minimum atomic E-state index is -0.320. The summed E-state index contributed by atoms with van der Waals surface area (Å²) in [6, 6.07) is 7.89. The second-order valence-corrected chi connectivity index (χ2v) is 3.58. The van der Waals surface area contributed by atoms with Gasteiger partial charge >= 0.3 is 0 Å². The molecule has 4 nitrogen and oxygen atoms in total. The van der Waals surface area contributed by atoms with Crippen molar-refractivity contribution < 1.29 is 4.39 Å². The average molecular weight is 230 g/mol. The molecule has 1 unspecified atom stereocenters.